The average molecular weight is 228 g/mol. The Morgan fingerprint density at radius 3 is 2.00 bits per heavy atom. The third-order valence-corrected chi connectivity index (χ3v) is 4.47. The highest BCUT2D eigenvalue weighted by atomic mass is 28.3. The van der Waals surface area contributed by atoms with E-state index in [-0.39, 0.29) is 18.0 Å². The van der Waals surface area contributed by atoms with E-state index in [9.17, 15) is 9.59 Å². The van der Waals surface area contributed by atoms with Crippen LogP contribution in [-0.4, -0.2) is 42.2 Å². The second-order valence-corrected chi connectivity index (χ2v) is 9.63. The van der Waals surface area contributed by atoms with Crippen molar-refractivity contribution in [2.24, 2.45) is 0 Å². The van der Waals surface area contributed by atoms with Crippen molar-refractivity contribution >= 4 is 20.2 Å². The summed E-state index contributed by atoms with van der Waals surface area (Å²) in [5, 5.41) is 0. The molecule has 1 atom stereocenters. The fourth-order valence-electron chi connectivity index (χ4n) is 2.01. The number of imide groups is 1. The molecule has 3 amide bonds. The van der Waals surface area contributed by atoms with Crippen LogP contribution in [0.5, 0.6) is 0 Å². The number of likely N-dealkylation sites (N-methyl/N-ethyl adjacent to an activating group) is 1. The summed E-state index contributed by atoms with van der Waals surface area (Å²) < 4.78 is 1.52. The topological polar surface area (TPSA) is 40.6 Å². The van der Waals surface area contributed by atoms with Crippen molar-refractivity contribution in [3.8, 4) is 0 Å². The van der Waals surface area contributed by atoms with Crippen LogP contribution in [0.15, 0.2) is 0 Å². The number of amides is 3. The summed E-state index contributed by atoms with van der Waals surface area (Å²) in [6.45, 7) is 10.6. The molecule has 1 unspecified atom stereocenters. The molecule has 0 radical (unpaired) electrons. The Hall–Kier alpha value is -0.843. The van der Waals surface area contributed by atoms with Crippen LogP contribution in [0.4, 0.5) is 4.79 Å². The zero-order valence-electron chi connectivity index (χ0n) is 10.2. The van der Waals surface area contributed by atoms with Gasteiger partial charge in [-0.1, -0.05) is 26.6 Å². The molecule has 5 heteroatoms. The Kier molecular flexibility index (Phi) is 3.23. The molecule has 1 heterocycles. The summed E-state index contributed by atoms with van der Waals surface area (Å²) >= 11 is 0. The summed E-state index contributed by atoms with van der Waals surface area (Å²) in [5.41, 5.74) is 0. The molecule has 0 aromatic rings. The molecule has 1 aliphatic heterocycles. The molecule has 0 aromatic carbocycles. The SMILES string of the molecule is CCC1C(=O)N([Si](C)(C)C)C(=O)N1CC. The second-order valence-electron chi connectivity index (χ2n) is 4.84. The quantitative estimate of drug-likeness (QED) is 0.546. The Morgan fingerprint density at radius 1 is 1.20 bits per heavy atom. The van der Waals surface area contributed by atoms with E-state index >= 15 is 0 Å². The van der Waals surface area contributed by atoms with E-state index in [0.29, 0.717) is 13.0 Å². The van der Waals surface area contributed by atoms with Gasteiger partial charge in [0.15, 0.2) is 8.24 Å². The van der Waals surface area contributed by atoms with E-state index in [4.69, 9.17) is 0 Å². The van der Waals surface area contributed by atoms with Crippen molar-refractivity contribution in [2.75, 3.05) is 6.54 Å². The first-order valence-corrected chi connectivity index (χ1v) is 8.94. The minimum atomic E-state index is -1.87. The maximum atomic E-state index is 12.1. The van der Waals surface area contributed by atoms with Gasteiger partial charge < -0.3 is 4.90 Å². The van der Waals surface area contributed by atoms with Crippen molar-refractivity contribution in [1.82, 2.24) is 9.47 Å². The summed E-state index contributed by atoms with van der Waals surface area (Å²) in [5.74, 6) is 0.00326. The molecule has 0 saturated carbocycles. The maximum Gasteiger partial charge on any atom is 0.319 e. The van der Waals surface area contributed by atoms with Crippen LogP contribution in [0.25, 0.3) is 0 Å². The lowest BCUT2D eigenvalue weighted by atomic mass is 10.2. The van der Waals surface area contributed by atoms with E-state index in [1.807, 2.05) is 33.5 Å². The average Bonchev–Trinajstić information content (AvgIpc) is 2.35. The van der Waals surface area contributed by atoms with Crippen LogP contribution in [-0.2, 0) is 4.79 Å². The van der Waals surface area contributed by atoms with Gasteiger partial charge in [0.2, 0.25) is 5.91 Å². The highest BCUT2D eigenvalue weighted by molar-refractivity contribution is 6.78. The van der Waals surface area contributed by atoms with Gasteiger partial charge in [-0.05, 0) is 13.3 Å². The fraction of sp³-hybridized carbons (Fsp3) is 0.800. The van der Waals surface area contributed by atoms with E-state index in [0.717, 1.165) is 0 Å². The molecule has 86 valence electrons. The van der Waals surface area contributed by atoms with Crippen LogP contribution >= 0.6 is 0 Å². The predicted octanol–water partition coefficient (Wildman–Crippen LogP) is 1.88. The number of hydrogen-bond acceptors (Lipinski definition) is 2. The monoisotopic (exact) mass is 228 g/mol. The lowest BCUT2D eigenvalue weighted by Crippen LogP contribution is -2.50. The van der Waals surface area contributed by atoms with Crippen LogP contribution in [0.3, 0.4) is 0 Å². The van der Waals surface area contributed by atoms with E-state index in [1.54, 1.807) is 4.90 Å². The van der Waals surface area contributed by atoms with E-state index in [2.05, 4.69) is 0 Å². The molecule has 1 rings (SSSR count). The van der Waals surface area contributed by atoms with Crippen LogP contribution in [0.2, 0.25) is 19.6 Å². The molecule has 0 aromatic heterocycles. The van der Waals surface area contributed by atoms with E-state index in [1.165, 1.54) is 4.57 Å². The maximum absolute atomic E-state index is 12.1. The van der Waals surface area contributed by atoms with Gasteiger partial charge in [0.25, 0.3) is 0 Å². The third kappa shape index (κ3) is 1.93. The zero-order chi connectivity index (χ0) is 11.8. The van der Waals surface area contributed by atoms with Crippen molar-refractivity contribution in [1.29, 1.82) is 0 Å². The van der Waals surface area contributed by atoms with Gasteiger partial charge >= 0.3 is 6.03 Å². The lowest BCUT2D eigenvalue weighted by Gasteiger charge is -2.27. The van der Waals surface area contributed by atoms with Gasteiger partial charge in [0.05, 0.1) is 0 Å². The van der Waals surface area contributed by atoms with Gasteiger partial charge in [-0.25, -0.2) is 4.79 Å². The standard InChI is InChI=1S/C10H20N2O2Si/c1-6-8-9(13)12(15(3,4)5)10(14)11(8)7-2/h8H,6-7H2,1-5H3. The third-order valence-electron chi connectivity index (χ3n) is 2.72. The van der Waals surface area contributed by atoms with Crippen molar-refractivity contribution in [3.05, 3.63) is 0 Å². The van der Waals surface area contributed by atoms with E-state index < -0.39 is 8.24 Å². The highest BCUT2D eigenvalue weighted by Crippen LogP contribution is 2.25. The number of rotatable bonds is 3. The Bertz CT molecular complexity index is 264. The molecule has 1 saturated heterocycles. The Labute approximate surface area is 92.3 Å². The molecular formula is C10H20N2O2Si. The Morgan fingerprint density at radius 2 is 1.73 bits per heavy atom. The molecular weight excluding hydrogens is 208 g/mol. The molecule has 0 N–H and O–H groups in total. The number of hydrogen-bond donors (Lipinski definition) is 0. The zero-order valence-corrected chi connectivity index (χ0v) is 11.2. The first-order chi connectivity index (χ1) is 6.84. The number of nitrogens with zero attached hydrogens (tertiary/aromatic N) is 2. The van der Waals surface area contributed by atoms with Crippen LogP contribution in [0.1, 0.15) is 20.3 Å². The first kappa shape index (κ1) is 12.2. The molecule has 4 nitrogen and oxygen atoms in total. The normalized spacial score (nSPS) is 22.9. The molecule has 0 aliphatic carbocycles. The summed E-state index contributed by atoms with van der Waals surface area (Å²) in [6.07, 6.45) is 0.708. The van der Waals surface area contributed by atoms with Crippen molar-refractivity contribution in [3.63, 3.8) is 0 Å². The predicted molar refractivity (Wildman–Crippen MR) is 62.0 cm³/mol. The van der Waals surface area contributed by atoms with Gasteiger partial charge in [-0.15, -0.1) is 0 Å². The smallest absolute Gasteiger partial charge is 0.313 e. The Balaban J connectivity index is 3.04. The number of urea groups is 1. The molecule has 15 heavy (non-hydrogen) atoms. The van der Waals surface area contributed by atoms with Crippen molar-refractivity contribution in [2.45, 2.75) is 46.0 Å². The largest absolute Gasteiger partial charge is 0.319 e. The molecule has 0 spiro atoms. The lowest BCUT2D eigenvalue weighted by molar-refractivity contribution is -0.125. The molecule has 1 aliphatic rings. The second kappa shape index (κ2) is 3.96. The summed E-state index contributed by atoms with van der Waals surface area (Å²) in [4.78, 5) is 25.8. The highest BCUT2D eigenvalue weighted by Gasteiger charge is 2.48. The van der Waals surface area contributed by atoms with Crippen LogP contribution in [0, 0.1) is 0 Å². The first-order valence-electron chi connectivity index (χ1n) is 5.49. The van der Waals surface area contributed by atoms with Gasteiger partial charge in [-0.2, -0.15) is 0 Å². The fourth-order valence-corrected chi connectivity index (χ4v) is 3.52. The van der Waals surface area contributed by atoms with Gasteiger partial charge in [-0.3, -0.25) is 9.36 Å². The minimum absolute atomic E-state index is 0.00326. The molecule has 1 fully saturated rings. The van der Waals surface area contributed by atoms with Gasteiger partial charge in [0, 0.05) is 6.54 Å². The van der Waals surface area contributed by atoms with Crippen LogP contribution < -0.4 is 0 Å². The van der Waals surface area contributed by atoms with Crippen molar-refractivity contribution < 1.29 is 9.59 Å². The number of carbonyl (C=O) groups is 2. The van der Waals surface area contributed by atoms with Gasteiger partial charge in [0.1, 0.15) is 6.04 Å². The molecule has 0 bridgehead atoms. The summed E-state index contributed by atoms with van der Waals surface area (Å²) in [6, 6.07) is -0.317. The minimum Gasteiger partial charge on any atom is -0.313 e. The number of carbonyl (C=O) groups excluding carboxylic acids is 2. The summed E-state index contributed by atoms with van der Waals surface area (Å²) in [7, 11) is -1.87.